The largest absolute Gasteiger partial charge is 0.468 e. The fraction of sp³-hybridized carbons (Fsp3) is 0.619. The molecular weight excluding hydrogens is 356 g/mol. The van der Waals surface area contributed by atoms with Gasteiger partial charge in [-0.15, -0.1) is 0 Å². The summed E-state index contributed by atoms with van der Waals surface area (Å²) in [6.07, 6.45) is 6.59. The summed E-state index contributed by atoms with van der Waals surface area (Å²) in [4.78, 5) is 22.5. The predicted octanol–water partition coefficient (Wildman–Crippen LogP) is 2.52. The van der Waals surface area contributed by atoms with E-state index in [0.29, 0.717) is 19.2 Å². The minimum absolute atomic E-state index is 0.0995. The number of amides is 1. The van der Waals surface area contributed by atoms with Crippen molar-refractivity contribution in [2.45, 2.75) is 38.8 Å². The third-order valence-electron chi connectivity index (χ3n) is 6.25. The summed E-state index contributed by atoms with van der Waals surface area (Å²) in [5.74, 6) is 1.28. The van der Waals surface area contributed by atoms with Gasteiger partial charge < -0.3 is 18.6 Å². The highest BCUT2D eigenvalue weighted by Crippen LogP contribution is 2.49. The Bertz CT molecular complexity index is 800. The second-order valence-corrected chi connectivity index (χ2v) is 8.33. The van der Waals surface area contributed by atoms with E-state index in [4.69, 9.17) is 14.1 Å². The lowest BCUT2D eigenvalue weighted by Gasteiger charge is -2.28. The highest BCUT2D eigenvalue weighted by molar-refractivity contribution is 5.86. The van der Waals surface area contributed by atoms with Crippen molar-refractivity contribution in [3.05, 3.63) is 42.4 Å². The van der Waals surface area contributed by atoms with Crippen molar-refractivity contribution in [3.63, 3.8) is 0 Å². The Labute approximate surface area is 166 Å². The number of ether oxygens (including phenoxy) is 1. The Morgan fingerprint density at radius 3 is 2.96 bits per heavy atom. The van der Waals surface area contributed by atoms with Crippen molar-refractivity contribution in [1.82, 2.24) is 19.4 Å². The lowest BCUT2D eigenvalue weighted by atomic mass is 9.75. The fourth-order valence-electron chi connectivity index (χ4n) is 4.68. The first-order valence-corrected chi connectivity index (χ1v) is 10.1. The maximum atomic E-state index is 13.5. The van der Waals surface area contributed by atoms with Gasteiger partial charge in [-0.1, -0.05) is 0 Å². The molecule has 28 heavy (non-hydrogen) atoms. The molecule has 0 radical (unpaired) electrons. The molecule has 2 aliphatic rings. The number of hydrogen-bond donors (Lipinski definition) is 0. The van der Waals surface area contributed by atoms with Crippen LogP contribution in [0.1, 0.15) is 43.7 Å². The van der Waals surface area contributed by atoms with Crippen LogP contribution in [-0.4, -0.2) is 65.2 Å². The Morgan fingerprint density at radius 2 is 2.29 bits per heavy atom. The normalized spacial score (nSPS) is 25.6. The molecule has 152 valence electrons. The highest BCUT2D eigenvalue weighted by Gasteiger charge is 2.57. The average Bonchev–Trinajstić information content (AvgIpc) is 3.44. The van der Waals surface area contributed by atoms with Crippen molar-refractivity contribution < 1.29 is 13.9 Å². The van der Waals surface area contributed by atoms with Crippen molar-refractivity contribution >= 4 is 5.91 Å². The summed E-state index contributed by atoms with van der Waals surface area (Å²) < 4.78 is 12.9. The van der Waals surface area contributed by atoms with Crippen LogP contribution in [0.2, 0.25) is 0 Å². The molecule has 0 bridgehead atoms. The Hall–Kier alpha value is -2.12. The third kappa shape index (κ3) is 3.37. The minimum Gasteiger partial charge on any atom is -0.468 e. The highest BCUT2D eigenvalue weighted by atomic mass is 16.5. The van der Waals surface area contributed by atoms with Gasteiger partial charge in [-0.05, 0) is 32.4 Å². The van der Waals surface area contributed by atoms with Crippen LogP contribution in [-0.2, 0) is 16.1 Å². The van der Waals surface area contributed by atoms with Gasteiger partial charge in [-0.25, -0.2) is 4.98 Å². The Morgan fingerprint density at radius 1 is 1.43 bits per heavy atom. The molecule has 0 aliphatic carbocycles. The van der Waals surface area contributed by atoms with Gasteiger partial charge in [0.25, 0.3) is 0 Å². The molecule has 2 atom stereocenters. The number of imidazole rings is 1. The average molecular weight is 386 g/mol. The van der Waals surface area contributed by atoms with Crippen LogP contribution in [0.5, 0.6) is 0 Å². The van der Waals surface area contributed by atoms with Crippen LogP contribution < -0.4 is 0 Å². The molecule has 7 nitrogen and oxygen atoms in total. The quantitative estimate of drug-likeness (QED) is 0.732. The summed E-state index contributed by atoms with van der Waals surface area (Å²) in [5, 5.41) is 0. The Kier molecular flexibility index (Phi) is 5.29. The Balaban J connectivity index is 1.61. The maximum Gasteiger partial charge on any atom is 0.230 e. The summed E-state index contributed by atoms with van der Waals surface area (Å²) in [6, 6.07) is 4.26. The second kappa shape index (κ2) is 7.72. The first-order valence-electron chi connectivity index (χ1n) is 10.1. The second-order valence-electron chi connectivity index (χ2n) is 8.33. The number of aromatic nitrogens is 2. The number of likely N-dealkylation sites (tertiary alicyclic amines) is 2. The van der Waals surface area contributed by atoms with Crippen LogP contribution in [0.25, 0.3) is 0 Å². The van der Waals surface area contributed by atoms with E-state index in [1.807, 2.05) is 23.4 Å². The predicted molar refractivity (Wildman–Crippen MR) is 105 cm³/mol. The van der Waals surface area contributed by atoms with Gasteiger partial charge in [0.15, 0.2) is 0 Å². The smallest absolute Gasteiger partial charge is 0.230 e. The van der Waals surface area contributed by atoms with E-state index in [2.05, 4.69) is 29.5 Å². The van der Waals surface area contributed by atoms with Crippen LogP contribution in [0.15, 0.2) is 35.3 Å². The van der Waals surface area contributed by atoms with Crippen molar-refractivity contribution in [1.29, 1.82) is 0 Å². The molecule has 4 heterocycles. The molecule has 2 aliphatic heterocycles. The summed E-state index contributed by atoms with van der Waals surface area (Å²) >= 11 is 0. The number of carbonyl (C=O) groups is 1. The lowest BCUT2D eigenvalue weighted by molar-refractivity contribution is -0.136. The van der Waals surface area contributed by atoms with Crippen LogP contribution >= 0.6 is 0 Å². The van der Waals surface area contributed by atoms with Crippen LogP contribution in [0.3, 0.4) is 0 Å². The van der Waals surface area contributed by atoms with Gasteiger partial charge in [0.1, 0.15) is 5.76 Å². The third-order valence-corrected chi connectivity index (χ3v) is 6.25. The number of hydrogen-bond acceptors (Lipinski definition) is 5. The number of rotatable bonds is 7. The minimum atomic E-state index is -0.406. The van der Waals surface area contributed by atoms with E-state index in [0.717, 1.165) is 44.1 Å². The summed E-state index contributed by atoms with van der Waals surface area (Å²) in [7, 11) is 1.68. The van der Waals surface area contributed by atoms with E-state index in [1.54, 1.807) is 13.4 Å². The molecule has 4 rings (SSSR count). The molecule has 1 spiro atoms. The van der Waals surface area contributed by atoms with Crippen LogP contribution in [0, 0.1) is 5.41 Å². The molecule has 0 unspecified atom stereocenters. The van der Waals surface area contributed by atoms with Crippen LogP contribution in [0.4, 0.5) is 0 Å². The van der Waals surface area contributed by atoms with Crippen molar-refractivity contribution in [2.24, 2.45) is 5.41 Å². The van der Waals surface area contributed by atoms with E-state index < -0.39 is 5.41 Å². The lowest BCUT2D eigenvalue weighted by Crippen LogP contribution is -2.40. The van der Waals surface area contributed by atoms with Gasteiger partial charge in [0.05, 0.1) is 36.9 Å². The first-order chi connectivity index (χ1) is 13.5. The number of carbonyl (C=O) groups excluding carboxylic acids is 1. The number of nitrogens with zero attached hydrogens (tertiary/aromatic N) is 4. The monoisotopic (exact) mass is 386 g/mol. The molecule has 1 amide bonds. The fourth-order valence-corrected chi connectivity index (χ4v) is 4.68. The van der Waals surface area contributed by atoms with E-state index in [-0.39, 0.29) is 11.8 Å². The zero-order valence-corrected chi connectivity index (χ0v) is 17.0. The molecular formula is C21H30N4O3. The van der Waals surface area contributed by atoms with Crippen molar-refractivity contribution in [3.8, 4) is 0 Å². The molecule has 2 saturated heterocycles. The zero-order valence-electron chi connectivity index (χ0n) is 17.0. The zero-order chi connectivity index (χ0) is 19.7. The molecule has 2 fully saturated rings. The first kappa shape index (κ1) is 19.2. The van der Waals surface area contributed by atoms with Gasteiger partial charge in [-0.2, -0.15) is 0 Å². The number of methoxy groups -OCH3 is 1. The molecule has 0 N–H and O–H groups in total. The van der Waals surface area contributed by atoms with Gasteiger partial charge in [0, 0.05) is 51.4 Å². The standard InChI is InChI=1S/C21H30N4O3/c1-16(2)25-13-19(22-15-25)18-12-23(11-17-5-4-9-28-17)14-21(18)6-7-24(20(21)26)8-10-27-3/h4-5,9,13,15-16,18H,6-8,10-12,14H2,1-3H3/t18-,21-/m0/s1. The maximum absolute atomic E-state index is 13.5. The van der Waals surface area contributed by atoms with E-state index >= 15 is 0 Å². The van der Waals surface area contributed by atoms with E-state index in [1.165, 1.54) is 0 Å². The van der Waals surface area contributed by atoms with Gasteiger partial charge >= 0.3 is 0 Å². The SMILES string of the molecule is COCCN1CC[C@@]2(CN(Cc3ccco3)C[C@H]2c2cn(C(C)C)cn2)C1=O. The molecule has 2 aromatic rings. The summed E-state index contributed by atoms with van der Waals surface area (Å²) in [5.41, 5.74) is 0.619. The molecule has 2 aromatic heterocycles. The molecule has 7 heteroatoms. The molecule has 0 saturated carbocycles. The number of furan rings is 1. The summed E-state index contributed by atoms with van der Waals surface area (Å²) in [6.45, 7) is 8.60. The molecule has 0 aromatic carbocycles. The van der Waals surface area contributed by atoms with Gasteiger partial charge in [-0.3, -0.25) is 9.69 Å². The topological polar surface area (TPSA) is 63.7 Å². The van der Waals surface area contributed by atoms with E-state index in [9.17, 15) is 4.79 Å². The van der Waals surface area contributed by atoms with Crippen molar-refractivity contribution in [2.75, 3.05) is 39.9 Å². The van der Waals surface area contributed by atoms with Gasteiger partial charge in [0.2, 0.25) is 5.91 Å².